The van der Waals surface area contributed by atoms with Gasteiger partial charge in [-0.15, -0.1) is 0 Å². The van der Waals surface area contributed by atoms with Crippen molar-refractivity contribution in [2.75, 3.05) is 0 Å². The Labute approximate surface area is 172 Å². The molecule has 28 heavy (non-hydrogen) atoms. The van der Waals surface area contributed by atoms with E-state index < -0.39 is 6.04 Å². The number of benzene rings is 2. The van der Waals surface area contributed by atoms with Crippen LogP contribution in [0.1, 0.15) is 44.7 Å². The van der Waals surface area contributed by atoms with E-state index in [1.807, 2.05) is 63.2 Å². The van der Waals surface area contributed by atoms with Crippen molar-refractivity contribution in [1.29, 1.82) is 0 Å². The molecule has 0 fully saturated rings. The smallest absolute Gasteiger partial charge is 0.243 e. The summed E-state index contributed by atoms with van der Waals surface area (Å²) in [7, 11) is 0. The molecule has 0 radical (unpaired) electrons. The van der Waals surface area contributed by atoms with Crippen molar-refractivity contribution in [1.82, 2.24) is 10.2 Å². The van der Waals surface area contributed by atoms with E-state index in [0.717, 1.165) is 17.5 Å². The zero-order valence-electron chi connectivity index (χ0n) is 16.8. The molecular formula is C23H29ClN2O2. The Morgan fingerprint density at radius 1 is 1.00 bits per heavy atom. The Bertz CT molecular complexity index is 779. The molecule has 0 unspecified atom stereocenters. The number of hydrogen-bond donors (Lipinski definition) is 1. The van der Waals surface area contributed by atoms with Crippen molar-refractivity contribution in [3.63, 3.8) is 0 Å². The minimum atomic E-state index is -0.513. The monoisotopic (exact) mass is 400 g/mol. The lowest BCUT2D eigenvalue weighted by atomic mass is 10.1. The largest absolute Gasteiger partial charge is 0.352 e. The summed E-state index contributed by atoms with van der Waals surface area (Å²) in [5.74, 6) is -0.190. The van der Waals surface area contributed by atoms with E-state index in [2.05, 4.69) is 5.32 Å². The number of nitrogens with zero attached hydrogens (tertiary/aromatic N) is 1. The summed E-state index contributed by atoms with van der Waals surface area (Å²) >= 11 is 6.06. The summed E-state index contributed by atoms with van der Waals surface area (Å²) < 4.78 is 0. The maximum absolute atomic E-state index is 13.2. The van der Waals surface area contributed by atoms with E-state index in [-0.39, 0.29) is 24.3 Å². The van der Waals surface area contributed by atoms with E-state index in [1.165, 1.54) is 0 Å². The van der Waals surface area contributed by atoms with Gasteiger partial charge in [-0.05, 0) is 43.0 Å². The summed E-state index contributed by atoms with van der Waals surface area (Å²) in [5, 5.41) is 3.62. The summed E-state index contributed by atoms with van der Waals surface area (Å²) in [6.07, 6.45) is 1.61. The molecule has 5 heteroatoms. The zero-order valence-corrected chi connectivity index (χ0v) is 17.6. The standard InChI is InChI=1S/C23H29ClN2O2/c1-4-17(3)25-23(28)21(5-2)26(16-18-10-7-6-8-11-18)22(27)15-19-12-9-13-20(24)14-19/h6-14,17,21H,4-5,15-16H2,1-3H3,(H,25,28)/t17-,21-/m1/s1. The molecule has 2 rings (SSSR count). The lowest BCUT2D eigenvalue weighted by Crippen LogP contribution is -2.51. The van der Waals surface area contributed by atoms with E-state index >= 15 is 0 Å². The second-order valence-electron chi connectivity index (χ2n) is 7.06. The molecule has 0 bridgehead atoms. The van der Waals surface area contributed by atoms with Gasteiger partial charge in [-0.3, -0.25) is 9.59 Å². The molecule has 0 aliphatic rings. The molecule has 0 saturated heterocycles. The van der Waals surface area contributed by atoms with Gasteiger partial charge in [-0.2, -0.15) is 0 Å². The Morgan fingerprint density at radius 3 is 2.29 bits per heavy atom. The van der Waals surface area contributed by atoms with Crippen LogP contribution in [-0.4, -0.2) is 28.8 Å². The van der Waals surface area contributed by atoms with Crippen LogP contribution in [-0.2, 0) is 22.6 Å². The zero-order chi connectivity index (χ0) is 20.5. The van der Waals surface area contributed by atoms with Gasteiger partial charge in [-0.25, -0.2) is 0 Å². The van der Waals surface area contributed by atoms with Crippen molar-refractivity contribution in [3.8, 4) is 0 Å². The quantitative estimate of drug-likeness (QED) is 0.668. The van der Waals surface area contributed by atoms with E-state index in [4.69, 9.17) is 11.6 Å². The molecule has 2 amide bonds. The molecule has 2 aromatic carbocycles. The van der Waals surface area contributed by atoms with E-state index in [0.29, 0.717) is 18.0 Å². The van der Waals surface area contributed by atoms with Gasteiger partial charge < -0.3 is 10.2 Å². The molecule has 150 valence electrons. The van der Waals surface area contributed by atoms with E-state index in [9.17, 15) is 9.59 Å². The SMILES string of the molecule is CC[C@@H](C)NC(=O)[C@@H](CC)N(Cc1ccccc1)C(=O)Cc1cccc(Cl)c1. The molecule has 4 nitrogen and oxygen atoms in total. The van der Waals surface area contributed by atoms with Crippen LogP contribution in [0.3, 0.4) is 0 Å². The van der Waals surface area contributed by atoms with Gasteiger partial charge in [0.2, 0.25) is 11.8 Å². The molecule has 0 spiro atoms. The van der Waals surface area contributed by atoms with Gasteiger partial charge in [0.1, 0.15) is 6.04 Å². The van der Waals surface area contributed by atoms with Crippen molar-refractivity contribution < 1.29 is 9.59 Å². The number of carbonyl (C=O) groups is 2. The minimum absolute atomic E-state index is 0.0724. The summed E-state index contributed by atoms with van der Waals surface area (Å²) in [6.45, 7) is 6.33. The van der Waals surface area contributed by atoms with Crippen LogP contribution in [0.15, 0.2) is 54.6 Å². The predicted molar refractivity (Wildman–Crippen MR) is 114 cm³/mol. The fourth-order valence-corrected chi connectivity index (χ4v) is 3.28. The predicted octanol–water partition coefficient (Wildman–Crippen LogP) is 4.60. The van der Waals surface area contributed by atoms with Crippen molar-refractivity contribution in [3.05, 3.63) is 70.7 Å². The van der Waals surface area contributed by atoms with Gasteiger partial charge in [0.15, 0.2) is 0 Å². The number of carbonyl (C=O) groups excluding carboxylic acids is 2. The van der Waals surface area contributed by atoms with Crippen LogP contribution in [0, 0.1) is 0 Å². The average molecular weight is 401 g/mol. The van der Waals surface area contributed by atoms with Crippen molar-refractivity contribution in [2.24, 2.45) is 0 Å². The molecule has 1 N–H and O–H groups in total. The number of rotatable bonds is 9. The van der Waals surface area contributed by atoms with Crippen molar-refractivity contribution in [2.45, 2.75) is 58.7 Å². The lowest BCUT2D eigenvalue weighted by Gasteiger charge is -2.31. The Morgan fingerprint density at radius 2 is 1.68 bits per heavy atom. The highest BCUT2D eigenvalue weighted by molar-refractivity contribution is 6.30. The third kappa shape index (κ3) is 6.38. The van der Waals surface area contributed by atoms with Gasteiger partial charge in [0.25, 0.3) is 0 Å². The molecule has 2 atom stereocenters. The summed E-state index contributed by atoms with van der Waals surface area (Å²) in [5.41, 5.74) is 1.84. The van der Waals surface area contributed by atoms with E-state index in [1.54, 1.807) is 17.0 Å². The van der Waals surface area contributed by atoms with Crippen LogP contribution in [0.5, 0.6) is 0 Å². The first-order valence-corrected chi connectivity index (χ1v) is 10.2. The summed E-state index contributed by atoms with van der Waals surface area (Å²) in [4.78, 5) is 27.7. The van der Waals surface area contributed by atoms with Crippen LogP contribution in [0.4, 0.5) is 0 Å². The van der Waals surface area contributed by atoms with Gasteiger partial charge in [-0.1, -0.05) is 67.9 Å². The first-order valence-electron chi connectivity index (χ1n) is 9.82. The van der Waals surface area contributed by atoms with Gasteiger partial charge >= 0.3 is 0 Å². The fraction of sp³-hybridized carbons (Fsp3) is 0.391. The number of hydrogen-bond acceptors (Lipinski definition) is 2. The van der Waals surface area contributed by atoms with Crippen molar-refractivity contribution >= 4 is 23.4 Å². The van der Waals surface area contributed by atoms with Crippen LogP contribution in [0.2, 0.25) is 5.02 Å². The first-order chi connectivity index (χ1) is 13.4. The first kappa shape index (κ1) is 22.0. The van der Waals surface area contributed by atoms with Gasteiger partial charge in [0, 0.05) is 17.6 Å². The molecule has 0 aromatic heterocycles. The third-order valence-corrected chi connectivity index (χ3v) is 5.06. The topological polar surface area (TPSA) is 49.4 Å². The third-order valence-electron chi connectivity index (χ3n) is 4.83. The fourth-order valence-electron chi connectivity index (χ4n) is 3.06. The Kier molecular flexibility index (Phi) is 8.52. The molecule has 0 aliphatic carbocycles. The van der Waals surface area contributed by atoms with Crippen LogP contribution >= 0.6 is 11.6 Å². The maximum atomic E-state index is 13.2. The Balaban J connectivity index is 2.26. The molecule has 0 aliphatic heterocycles. The molecule has 0 saturated carbocycles. The lowest BCUT2D eigenvalue weighted by molar-refractivity contribution is -0.141. The number of halogens is 1. The molecule has 2 aromatic rings. The number of amides is 2. The average Bonchev–Trinajstić information content (AvgIpc) is 2.68. The second-order valence-corrected chi connectivity index (χ2v) is 7.49. The number of nitrogens with one attached hydrogen (secondary N) is 1. The normalized spacial score (nSPS) is 12.9. The highest BCUT2D eigenvalue weighted by Crippen LogP contribution is 2.17. The second kappa shape index (κ2) is 10.9. The minimum Gasteiger partial charge on any atom is -0.352 e. The highest BCUT2D eigenvalue weighted by Gasteiger charge is 2.29. The molecule has 0 heterocycles. The Hall–Kier alpha value is -2.33. The van der Waals surface area contributed by atoms with Crippen LogP contribution < -0.4 is 5.32 Å². The van der Waals surface area contributed by atoms with Gasteiger partial charge in [0.05, 0.1) is 6.42 Å². The molecular weight excluding hydrogens is 372 g/mol. The summed E-state index contributed by atoms with van der Waals surface area (Å²) in [6, 6.07) is 16.6. The maximum Gasteiger partial charge on any atom is 0.243 e. The van der Waals surface area contributed by atoms with Crippen LogP contribution in [0.25, 0.3) is 0 Å². The highest BCUT2D eigenvalue weighted by atomic mass is 35.5.